The molecule has 0 aliphatic rings. The van der Waals surface area contributed by atoms with Gasteiger partial charge in [0.25, 0.3) is 0 Å². The van der Waals surface area contributed by atoms with Crippen molar-refractivity contribution in [3.63, 3.8) is 0 Å². The van der Waals surface area contributed by atoms with E-state index in [9.17, 15) is 9.59 Å². The van der Waals surface area contributed by atoms with Crippen molar-refractivity contribution in [2.45, 2.75) is 20.3 Å². The fourth-order valence-electron chi connectivity index (χ4n) is 2.54. The number of nitrogens with one attached hydrogen (secondary N) is 1. The van der Waals surface area contributed by atoms with Gasteiger partial charge in [-0.1, -0.05) is 5.16 Å². The smallest absolute Gasteiger partial charge is 0.228 e. The van der Waals surface area contributed by atoms with Crippen LogP contribution < -0.4 is 5.32 Å². The van der Waals surface area contributed by atoms with Gasteiger partial charge in [0.05, 0.1) is 12.1 Å². The molecule has 0 saturated carbocycles. The van der Waals surface area contributed by atoms with Gasteiger partial charge in [-0.2, -0.15) is 0 Å². The lowest BCUT2D eigenvalue weighted by Crippen LogP contribution is -2.15. The van der Waals surface area contributed by atoms with Gasteiger partial charge in [0.1, 0.15) is 5.76 Å². The molecule has 1 N–H and O–H groups in total. The Morgan fingerprint density at radius 1 is 1.20 bits per heavy atom. The van der Waals surface area contributed by atoms with Gasteiger partial charge < -0.3 is 14.4 Å². The van der Waals surface area contributed by atoms with Gasteiger partial charge in [0, 0.05) is 36.3 Å². The van der Waals surface area contributed by atoms with Crippen LogP contribution in [0.3, 0.4) is 0 Å². The molecule has 3 aromatic rings. The topological polar surface area (TPSA) is 90.0 Å². The van der Waals surface area contributed by atoms with Crippen LogP contribution >= 0.6 is 0 Å². The number of carbonyl (C=O) groups is 2. The summed E-state index contributed by atoms with van der Waals surface area (Å²) in [6.45, 7) is 3.58. The van der Waals surface area contributed by atoms with E-state index in [1.807, 2.05) is 0 Å². The normalized spacial score (nSPS) is 10.7. The molecule has 0 spiro atoms. The van der Waals surface area contributed by atoms with Crippen molar-refractivity contribution in [3.05, 3.63) is 65.1 Å². The number of rotatable bonds is 5. The van der Waals surface area contributed by atoms with Crippen LogP contribution in [0.1, 0.15) is 33.2 Å². The van der Waals surface area contributed by atoms with E-state index in [1.54, 1.807) is 62.1 Å². The van der Waals surface area contributed by atoms with Crippen molar-refractivity contribution >= 4 is 17.4 Å². The molecule has 0 atom stereocenters. The number of imidazole rings is 1. The van der Waals surface area contributed by atoms with Crippen LogP contribution in [0.25, 0.3) is 0 Å². The van der Waals surface area contributed by atoms with Gasteiger partial charge in [-0.05, 0) is 38.1 Å². The summed E-state index contributed by atoms with van der Waals surface area (Å²) in [5, 5.41) is 6.64. The van der Waals surface area contributed by atoms with Gasteiger partial charge in [0.15, 0.2) is 5.82 Å². The Hall–Kier alpha value is -3.22. The van der Waals surface area contributed by atoms with E-state index in [0.29, 0.717) is 28.5 Å². The number of hydrogen-bond donors (Lipinski definition) is 1. The number of anilines is 1. The van der Waals surface area contributed by atoms with Crippen LogP contribution in [0.5, 0.6) is 0 Å². The predicted octanol–water partition coefficient (Wildman–Crippen LogP) is 2.44. The van der Waals surface area contributed by atoms with E-state index in [2.05, 4.69) is 15.5 Å². The molecule has 0 fully saturated rings. The third-order valence-electron chi connectivity index (χ3n) is 3.97. The largest absolute Gasteiger partial charge is 0.361 e. The predicted molar refractivity (Wildman–Crippen MR) is 91.4 cm³/mol. The van der Waals surface area contributed by atoms with E-state index in [-0.39, 0.29) is 18.1 Å². The van der Waals surface area contributed by atoms with Gasteiger partial charge in [0.2, 0.25) is 11.7 Å². The summed E-state index contributed by atoms with van der Waals surface area (Å²) in [6, 6.07) is 6.73. The van der Waals surface area contributed by atoms with Gasteiger partial charge in [-0.25, -0.2) is 4.98 Å². The molecule has 0 unspecified atom stereocenters. The number of hydrogen-bond acceptors (Lipinski definition) is 5. The summed E-state index contributed by atoms with van der Waals surface area (Å²) >= 11 is 0. The first kappa shape index (κ1) is 16.6. The van der Waals surface area contributed by atoms with Crippen molar-refractivity contribution in [1.29, 1.82) is 0 Å². The standard InChI is InChI=1S/C18H18N4O3/c1-11-15(12(2)25-21-11)10-16(23)20-14-6-4-13(5-7-14)17(24)18-19-8-9-22(18)3/h4-9H,10H2,1-3H3,(H,20,23). The molecule has 128 valence electrons. The molecule has 0 saturated heterocycles. The minimum atomic E-state index is -0.169. The fraction of sp³-hybridized carbons (Fsp3) is 0.222. The second-order valence-electron chi connectivity index (χ2n) is 5.80. The van der Waals surface area contributed by atoms with Crippen molar-refractivity contribution in [2.24, 2.45) is 7.05 Å². The van der Waals surface area contributed by atoms with Crippen LogP contribution in [0.4, 0.5) is 5.69 Å². The number of benzene rings is 1. The number of aryl methyl sites for hydroxylation is 3. The highest BCUT2D eigenvalue weighted by atomic mass is 16.5. The Morgan fingerprint density at radius 2 is 1.92 bits per heavy atom. The molecule has 3 rings (SSSR count). The molecular formula is C18H18N4O3. The Kier molecular flexibility index (Phi) is 4.47. The van der Waals surface area contributed by atoms with Crippen molar-refractivity contribution in [1.82, 2.24) is 14.7 Å². The summed E-state index contributed by atoms with van der Waals surface area (Å²) in [5.41, 5.74) is 2.63. The highest BCUT2D eigenvalue weighted by Crippen LogP contribution is 2.16. The third-order valence-corrected chi connectivity index (χ3v) is 3.97. The summed E-state index contributed by atoms with van der Waals surface area (Å²) < 4.78 is 6.73. The van der Waals surface area contributed by atoms with Crippen LogP contribution in [-0.2, 0) is 18.3 Å². The summed E-state index contributed by atoms with van der Waals surface area (Å²) in [7, 11) is 1.77. The third kappa shape index (κ3) is 3.50. The molecule has 2 heterocycles. The molecule has 1 aromatic carbocycles. The van der Waals surface area contributed by atoms with Crippen LogP contribution in [0, 0.1) is 13.8 Å². The fourth-order valence-corrected chi connectivity index (χ4v) is 2.54. The van der Waals surface area contributed by atoms with E-state index in [0.717, 1.165) is 5.56 Å². The average molecular weight is 338 g/mol. The van der Waals surface area contributed by atoms with Crippen LogP contribution in [0.2, 0.25) is 0 Å². The summed E-state index contributed by atoms with van der Waals surface area (Å²) in [5.74, 6) is 0.678. The second kappa shape index (κ2) is 6.72. The van der Waals surface area contributed by atoms with Crippen LogP contribution in [-0.4, -0.2) is 26.4 Å². The Labute approximate surface area is 144 Å². The molecular weight excluding hydrogens is 320 g/mol. The Balaban J connectivity index is 1.67. The number of ketones is 1. The average Bonchev–Trinajstić information content (AvgIpc) is 3.15. The second-order valence-corrected chi connectivity index (χ2v) is 5.80. The van der Waals surface area contributed by atoms with E-state index < -0.39 is 0 Å². The van der Waals surface area contributed by atoms with Crippen molar-refractivity contribution < 1.29 is 14.1 Å². The number of nitrogens with zero attached hydrogens (tertiary/aromatic N) is 3. The number of aromatic nitrogens is 3. The minimum absolute atomic E-state index is 0.166. The van der Waals surface area contributed by atoms with E-state index >= 15 is 0 Å². The molecule has 0 bridgehead atoms. The van der Waals surface area contributed by atoms with Crippen molar-refractivity contribution in [3.8, 4) is 0 Å². The maximum Gasteiger partial charge on any atom is 0.228 e. The maximum atomic E-state index is 12.4. The first-order valence-electron chi connectivity index (χ1n) is 7.79. The minimum Gasteiger partial charge on any atom is -0.361 e. The molecule has 1 amide bonds. The number of carbonyl (C=O) groups excluding carboxylic acids is 2. The Bertz CT molecular complexity index is 903. The molecule has 0 aliphatic heterocycles. The first-order valence-corrected chi connectivity index (χ1v) is 7.79. The molecule has 2 aromatic heterocycles. The van der Waals surface area contributed by atoms with E-state index in [1.165, 1.54) is 0 Å². The zero-order chi connectivity index (χ0) is 18.0. The zero-order valence-corrected chi connectivity index (χ0v) is 14.2. The van der Waals surface area contributed by atoms with Crippen LogP contribution in [0.15, 0.2) is 41.2 Å². The van der Waals surface area contributed by atoms with Gasteiger partial charge in [-0.3, -0.25) is 9.59 Å². The lowest BCUT2D eigenvalue weighted by atomic mass is 10.1. The molecule has 7 heteroatoms. The van der Waals surface area contributed by atoms with Gasteiger partial charge >= 0.3 is 0 Å². The lowest BCUT2D eigenvalue weighted by Gasteiger charge is -2.06. The maximum absolute atomic E-state index is 12.4. The molecule has 25 heavy (non-hydrogen) atoms. The lowest BCUT2D eigenvalue weighted by molar-refractivity contribution is -0.115. The molecule has 7 nitrogen and oxygen atoms in total. The quantitative estimate of drug-likeness (QED) is 0.722. The van der Waals surface area contributed by atoms with Gasteiger partial charge in [-0.15, -0.1) is 0 Å². The molecule has 0 radical (unpaired) electrons. The molecule has 0 aliphatic carbocycles. The highest BCUT2D eigenvalue weighted by molar-refractivity contribution is 6.07. The highest BCUT2D eigenvalue weighted by Gasteiger charge is 2.15. The number of amides is 1. The SMILES string of the molecule is Cc1noc(C)c1CC(=O)Nc1ccc(C(=O)c2nccn2C)cc1. The van der Waals surface area contributed by atoms with Crippen molar-refractivity contribution in [2.75, 3.05) is 5.32 Å². The monoisotopic (exact) mass is 338 g/mol. The Morgan fingerprint density at radius 3 is 2.48 bits per heavy atom. The van der Waals surface area contributed by atoms with E-state index in [4.69, 9.17) is 4.52 Å². The zero-order valence-electron chi connectivity index (χ0n) is 14.2. The first-order chi connectivity index (χ1) is 12.0. The summed E-state index contributed by atoms with van der Waals surface area (Å²) in [6.07, 6.45) is 3.49. The summed E-state index contributed by atoms with van der Waals surface area (Å²) in [4.78, 5) is 28.6.